The van der Waals surface area contributed by atoms with E-state index in [4.69, 9.17) is 9.47 Å². The van der Waals surface area contributed by atoms with E-state index in [2.05, 4.69) is 24.4 Å². The van der Waals surface area contributed by atoms with Gasteiger partial charge in [-0.1, -0.05) is 37.6 Å². The van der Waals surface area contributed by atoms with Crippen LogP contribution in [0.25, 0.3) is 0 Å². The summed E-state index contributed by atoms with van der Waals surface area (Å²) in [5.74, 6) is 1.83. The summed E-state index contributed by atoms with van der Waals surface area (Å²) in [6.07, 6.45) is 2.41. The first-order chi connectivity index (χ1) is 11.2. The van der Waals surface area contributed by atoms with Crippen molar-refractivity contribution in [3.05, 3.63) is 54.1 Å². The molecule has 0 atom stereocenters. The van der Waals surface area contributed by atoms with Crippen LogP contribution in [0.2, 0.25) is 0 Å². The molecule has 0 radical (unpaired) electrons. The molecule has 3 nitrogen and oxygen atoms in total. The van der Waals surface area contributed by atoms with Crippen LogP contribution in [0.5, 0.6) is 11.5 Å². The van der Waals surface area contributed by atoms with Crippen LogP contribution in [-0.4, -0.2) is 12.7 Å². The van der Waals surface area contributed by atoms with Gasteiger partial charge in [0.1, 0.15) is 11.5 Å². The highest BCUT2D eigenvalue weighted by Gasteiger charge is 2.04. The summed E-state index contributed by atoms with van der Waals surface area (Å²) in [6, 6.07) is 16.3. The Hall–Kier alpha value is -2.16. The lowest BCUT2D eigenvalue weighted by Crippen LogP contribution is -2.08. The predicted octanol–water partition coefficient (Wildman–Crippen LogP) is 5.26. The second-order valence-electron chi connectivity index (χ2n) is 5.86. The van der Waals surface area contributed by atoms with E-state index in [1.54, 1.807) is 0 Å². The highest BCUT2D eigenvalue weighted by Crippen LogP contribution is 2.25. The zero-order chi connectivity index (χ0) is 16.5. The number of unbranched alkanes of at least 4 members (excludes halogenated alkanes) is 1. The van der Waals surface area contributed by atoms with Crippen LogP contribution in [0.4, 0.5) is 5.69 Å². The lowest BCUT2D eigenvalue weighted by molar-refractivity contribution is 0.243. The van der Waals surface area contributed by atoms with E-state index >= 15 is 0 Å². The van der Waals surface area contributed by atoms with Gasteiger partial charge in [0.25, 0.3) is 0 Å². The smallest absolute Gasteiger partial charge is 0.142 e. The third-order valence-corrected chi connectivity index (χ3v) is 3.42. The van der Waals surface area contributed by atoms with Crippen molar-refractivity contribution in [1.82, 2.24) is 0 Å². The van der Waals surface area contributed by atoms with Gasteiger partial charge in [0.15, 0.2) is 0 Å². The summed E-state index contributed by atoms with van der Waals surface area (Å²) in [5.41, 5.74) is 2.23. The molecule has 1 N–H and O–H groups in total. The molecule has 0 unspecified atom stereocenters. The van der Waals surface area contributed by atoms with E-state index in [-0.39, 0.29) is 6.10 Å². The van der Waals surface area contributed by atoms with Crippen LogP contribution in [0, 0.1) is 0 Å². The van der Waals surface area contributed by atoms with Crippen molar-refractivity contribution in [2.24, 2.45) is 0 Å². The van der Waals surface area contributed by atoms with E-state index < -0.39 is 0 Å². The van der Waals surface area contributed by atoms with Crippen molar-refractivity contribution >= 4 is 5.69 Å². The maximum absolute atomic E-state index is 5.83. The SMILES string of the molecule is CCCCOc1ccc(CNc2ccccc2OC(C)C)cc1. The Bertz CT molecular complexity index is 578. The largest absolute Gasteiger partial charge is 0.494 e. The Morgan fingerprint density at radius 1 is 1.00 bits per heavy atom. The molecule has 0 fully saturated rings. The molecule has 0 heterocycles. The molecule has 0 saturated carbocycles. The Labute approximate surface area is 139 Å². The van der Waals surface area contributed by atoms with E-state index in [1.807, 2.05) is 50.2 Å². The molecule has 0 spiro atoms. The summed E-state index contributed by atoms with van der Waals surface area (Å²) in [4.78, 5) is 0. The molecule has 0 aromatic heterocycles. The summed E-state index contributed by atoms with van der Waals surface area (Å²) < 4.78 is 11.5. The molecule has 0 aliphatic rings. The Morgan fingerprint density at radius 2 is 1.74 bits per heavy atom. The van der Waals surface area contributed by atoms with Gasteiger partial charge in [-0.3, -0.25) is 0 Å². The molecule has 2 rings (SSSR count). The van der Waals surface area contributed by atoms with Gasteiger partial charge in [-0.05, 0) is 50.1 Å². The van der Waals surface area contributed by atoms with Crippen molar-refractivity contribution in [3.8, 4) is 11.5 Å². The van der Waals surface area contributed by atoms with E-state index in [1.165, 1.54) is 5.56 Å². The number of rotatable bonds is 9. The summed E-state index contributed by atoms with van der Waals surface area (Å²) in [7, 11) is 0. The van der Waals surface area contributed by atoms with Gasteiger partial charge in [-0.25, -0.2) is 0 Å². The molecule has 0 bridgehead atoms. The van der Waals surface area contributed by atoms with Crippen molar-refractivity contribution in [3.63, 3.8) is 0 Å². The molecular formula is C20H27NO2. The van der Waals surface area contributed by atoms with E-state index in [9.17, 15) is 0 Å². The van der Waals surface area contributed by atoms with Crippen LogP contribution < -0.4 is 14.8 Å². The van der Waals surface area contributed by atoms with Gasteiger partial charge in [-0.15, -0.1) is 0 Å². The Balaban J connectivity index is 1.91. The number of benzene rings is 2. The number of ether oxygens (including phenoxy) is 2. The van der Waals surface area contributed by atoms with E-state index in [0.29, 0.717) is 0 Å². The number of hydrogen-bond donors (Lipinski definition) is 1. The second kappa shape index (κ2) is 9.09. The molecule has 2 aromatic carbocycles. The number of para-hydroxylation sites is 2. The van der Waals surface area contributed by atoms with Crippen molar-refractivity contribution in [2.75, 3.05) is 11.9 Å². The highest BCUT2D eigenvalue weighted by molar-refractivity contribution is 5.56. The third-order valence-electron chi connectivity index (χ3n) is 3.42. The van der Waals surface area contributed by atoms with Crippen LogP contribution in [0.1, 0.15) is 39.2 Å². The highest BCUT2D eigenvalue weighted by atomic mass is 16.5. The second-order valence-corrected chi connectivity index (χ2v) is 5.86. The Morgan fingerprint density at radius 3 is 2.43 bits per heavy atom. The van der Waals surface area contributed by atoms with Gasteiger partial charge < -0.3 is 14.8 Å². The van der Waals surface area contributed by atoms with Gasteiger partial charge in [0.2, 0.25) is 0 Å². The first-order valence-corrected chi connectivity index (χ1v) is 8.40. The predicted molar refractivity (Wildman–Crippen MR) is 96.4 cm³/mol. The number of anilines is 1. The standard InChI is InChI=1S/C20H27NO2/c1-4-5-14-22-18-12-10-17(11-13-18)15-21-19-8-6-7-9-20(19)23-16(2)3/h6-13,16,21H,4-5,14-15H2,1-3H3. The summed E-state index contributed by atoms with van der Waals surface area (Å²) in [6.45, 7) is 7.78. The maximum atomic E-state index is 5.83. The fourth-order valence-electron chi connectivity index (χ4n) is 2.20. The molecule has 0 saturated heterocycles. The average molecular weight is 313 g/mol. The fraction of sp³-hybridized carbons (Fsp3) is 0.400. The molecule has 23 heavy (non-hydrogen) atoms. The maximum Gasteiger partial charge on any atom is 0.142 e. The average Bonchev–Trinajstić information content (AvgIpc) is 2.55. The van der Waals surface area contributed by atoms with Crippen LogP contribution in [0.3, 0.4) is 0 Å². The number of hydrogen-bond acceptors (Lipinski definition) is 3. The normalized spacial score (nSPS) is 10.6. The zero-order valence-electron chi connectivity index (χ0n) is 14.3. The number of nitrogens with one attached hydrogen (secondary N) is 1. The lowest BCUT2D eigenvalue weighted by Gasteiger charge is -2.15. The monoisotopic (exact) mass is 313 g/mol. The third kappa shape index (κ3) is 5.85. The van der Waals surface area contributed by atoms with Crippen LogP contribution in [0.15, 0.2) is 48.5 Å². The molecular weight excluding hydrogens is 286 g/mol. The molecule has 124 valence electrons. The quantitative estimate of drug-likeness (QED) is 0.640. The van der Waals surface area contributed by atoms with Gasteiger partial charge >= 0.3 is 0 Å². The van der Waals surface area contributed by atoms with Crippen molar-refractivity contribution < 1.29 is 9.47 Å². The van der Waals surface area contributed by atoms with Gasteiger partial charge in [0, 0.05) is 6.54 Å². The molecule has 0 amide bonds. The Kier molecular flexibility index (Phi) is 6.79. The molecule has 3 heteroatoms. The van der Waals surface area contributed by atoms with Crippen molar-refractivity contribution in [2.45, 2.75) is 46.3 Å². The topological polar surface area (TPSA) is 30.5 Å². The van der Waals surface area contributed by atoms with Gasteiger partial charge in [-0.2, -0.15) is 0 Å². The van der Waals surface area contributed by atoms with Crippen LogP contribution >= 0.6 is 0 Å². The van der Waals surface area contributed by atoms with Gasteiger partial charge in [0.05, 0.1) is 18.4 Å². The first kappa shape index (κ1) is 17.2. The lowest BCUT2D eigenvalue weighted by atomic mass is 10.2. The summed E-state index contributed by atoms with van der Waals surface area (Å²) in [5, 5.41) is 3.44. The first-order valence-electron chi connectivity index (χ1n) is 8.40. The molecule has 0 aliphatic carbocycles. The zero-order valence-corrected chi connectivity index (χ0v) is 14.3. The molecule has 0 aliphatic heterocycles. The fourth-order valence-corrected chi connectivity index (χ4v) is 2.20. The van der Waals surface area contributed by atoms with Crippen LogP contribution in [-0.2, 0) is 6.54 Å². The minimum absolute atomic E-state index is 0.164. The van der Waals surface area contributed by atoms with E-state index in [0.717, 1.165) is 43.2 Å². The minimum atomic E-state index is 0.164. The molecule has 2 aromatic rings. The minimum Gasteiger partial charge on any atom is -0.494 e. The van der Waals surface area contributed by atoms with Crippen molar-refractivity contribution in [1.29, 1.82) is 0 Å². The summed E-state index contributed by atoms with van der Waals surface area (Å²) >= 11 is 0.